The van der Waals surface area contributed by atoms with E-state index in [0.29, 0.717) is 43.0 Å². The summed E-state index contributed by atoms with van der Waals surface area (Å²) in [5.74, 6) is 2.52. The zero-order valence-electron chi connectivity index (χ0n) is 14.5. The van der Waals surface area contributed by atoms with Crippen LogP contribution < -0.4 is 5.32 Å². The monoisotopic (exact) mass is 365 g/mol. The molecule has 0 unspecified atom stereocenters. The van der Waals surface area contributed by atoms with Gasteiger partial charge in [-0.1, -0.05) is 30.3 Å². The molecule has 25 heavy (non-hydrogen) atoms. The Hall–Kier alpha value is -1.89. The molecule has 0 aliphatic heterocycles. The summed E-state index contributed by atoms with van der Waals surface area (Å²) < 4.78 is 18.6. The number of aryl methyl sites for hydroxylation is 2. The van der Waals surface area contributed by atoms with Crippen LogP contribution in [0.25, 0.3) is 0 Å². The minimum absolute atomic E-state index is 0.0137. The van der Waals surface area contributed by atoms with Gasteiger partial charge in [-0.05, 0) is 24.5 Å². The molecule has 0 saturated carbocycles. The SMILES string of the molecule is CCCc1noc(CCCC(=O)NCCSCc2ccccc2F)n1. The van der Waals surface area contributed by atoms with E-state index < -0.39 is 0 Å². The van der Waals surface area contributed by atoms with Crippen LogP contribution in [0.2, 0.25) is 0 Å². The van der Waals surface area contributed by atoms with Gasteiger partial charge >= 0.3 is 0 Å². The Morgan fingerprint density at radius 3 is 2.96 bits per heavy atom. The first-order chi connectivity index (χ1) is 12.2. The van der Waals surface area contributed by atoms with Crippen molar-refractivity contribution >= 4 is 17.7 Å². The van der Waals surface area contributed by atoms with Crippen LogP contribution in [-0.2, 0) is 23.4 Å². The van der Waals surface area contributed by atoms with Crippen LogP contribution in [0.1, 0.15) is 43.5 Å². The lowest BCUT2D eigenvalue weighted by Gasteiger charge is -2.05. The highest BCUT2D eigenvalue weighted by atomic mass is 32.2. The molecule has 136 valence electrons. The van der Waals surface area contributed by atoms with Crippen LogP contribution in [-0.4, -0.2) is 28.3 Å². The highest BCUT2D eigenvalue weighted by Gasteiger charge is 2.07. The molecule has 0 radical (unpaired) electrons. The van der Waals surface area contributed by atoms with Crippen molar-refractivity contribution < 1.29 is 13.7 Å². The van der Waals surface area contributed by atoms with Gasteiger partial charge in [0.15, 0.2) is 5.82 Å². The third-order valence-corrected chi connectivity index (χ3v) is 4.57. The molecule has 0 spiro atoms. The van der Waals surface area contributed by atoms with Crippen LogP contribution in [0, 0.1) is 5.82 Å². The molecule has 1 amide bonds. The first-order valence-corrected chi connectivity index (χ1v) is 9.73. The largest absolute Gasteiger partial charge is 0.355 e. The number of halogens is 1. The summed E-state index contributed by atoms with van der Waals surface area (Å²) >= 11 is 1.60. The van der Waals surface area contributed by atoms with E-state index in [4.69, 9.17) is 4.52 Å². The zero-order valence-corrected chi connectivity index (χ0v) is 15.3. The Kier molecular flexibility index (Phi) is 8.45. The molecule has 1 aromatic carbocycles. The second-order valence-corrected chi connectivity index (χ2v) is 6.81. The lowest BCUT2D eigenvalue weighted by molar-refractivity contribution is -0.121. The fourth-order valence-corrected chi connectivity index (χ4v) is 3.11. The predicted octanol–water partition coefficient (Wildman–Crippen LogP) is 3.53. The average Bonchev–Trinajstić information content (AvgIpc) is 3.04. The maximum Gasteiger partial charge on any atom is 0.226 e. The molecular formula is C18H24FN3O2S. The fourth-order valence-electron chi connectivity index (χ4n) is 2.27. The summed E-state index contributed by atoms with van der Waals surface area (Å²) in [7, 11) is 0. The molecule has 0 aliphatic carbocycles. The summed E-state index contributed by atoms with van der Waals surface area (Å²) in [6.07, 6.45) is 3.53. The van der Waals surface area contributed by atoms with Gasteiger partial charge in [0.1, 0.15) is 5.82 Å². The number of rotatable bonds is 11. The highest BCUT2D eigenvalue weighted by Crippen LogP contribution is 2.14. The molecule has 0 fully saturated rings. The minimum atomic E-state index is -0.179. The predicted molar refractivity (Wildman–Crippen MR) is 96.8 cm³/mol. The van der Waals surface area contributed by atoms with Gasteiger partial charge in [0, 0.05) is 37.3 Å². The van der Waals surface area contributed by atoms with Crippen molar-refractivity contribution in [3.8, 4) is 0 Å². The van der Waals surface area contributed by atoms with Gasteiger partial charge in [-0.25, -0.2) is 4.39 Å². The van der Waals surface area contributed by atoms with Gasteiger partial charge < -0.3 is 9.84 Å². The van der Waals surface area contributed by atoms with Crippen molar-refractivity contribution in [3.63, 3.8) is 0 Å². The van der Waals surface area contributed by atoms with Crippen molar-refractivity contribution in [3.05, 3.63) is 47.4 Å². The molecule has 1 heterocycles. The summed E-state index contributed by atoms with van der Waals surface area (Å²) in [5.41, 5.74) is 0.695. The van der Waals surface area contributed by atoms with Gasteiger partial charge in [-0.3, -0.25) is 4.79 Å². The van der Waals surface area contributed by atoms with Gasteiger partial charge in [-0.2, -0.15) is 16.7 Å². The van der Waals surface area contributed by atoms with E-state index in [2.05, 4.69) is 22.4 Å². The van der Waals surface area contributed by atoms with E-state index >= 15 is 0 Å². The highest BCUT2D eigenvalue weighted by molar-refractivity contribution is 7.98. The van der Waals surface area contributed by atoms with Crippen molar-refractivity contribution in [1.29, 1.82) is 0 Å². The third-order valence-electron chi connectivity index (χ3n) is 3.56. The van der Waals surface area contributed by atoms with E-state index in [9.17, 15) is 9.18 Å². The minimum Gasteiger partial charge on any atom is -0.355 e. The number of carbonyl (C=O) groups is 1. The molecule has 0 saturated heterocycles. The number of nitrogens with one attached hydrogen (secondary N) is 1. The van der Waals surface area contributed by atoms with Gasteiger partial charge in [-0.15, -0.1) is 0 Å². The third kappa shape index (κ3) is 7.25. The molecule has 1 aromatic heterocycles. The quantitative estimate of drug-likeness (QED) is 0.617. The lowest BCUT2D eigenvalue weighted by Crippen LogP contribution is -2.25. The average molecular weight is 365 g/mol. The van der Waals surface area contributed by atoms with Crippen LogP contribution in [0.5, 0.6) is 0 Å². The number of nitrogens with zero attached hydrogens (tertiary/aromatic N) is 2. The van der Waals surface area contributed by atoms with Gasteiger partial charge in [0.25, 0.3) is 0 Å². The number of amides is 1. The van der Waals surface area contributed by atoms with Crippen molar-refractivity contribution in [2.75, 3.05) is 12.3 Å². The Bertz CT molecular complexity index is 663. The smallest absolute Gasteiger partial charge is 0.226 e. The van der Waals surface area contributed by atoms with Gasteiger partial charge in [0.05, 0.1) is 0 Å². The van der Waals surface area contributed by atoms with E-state index in [0.717, 1.165) is 24.4 Å². The molecular weight excluding hydrogens is 341 g/mol. The molecule has 1 N–H and O–H groups in total. The summed E-state index contributed by atoms with van der Waals surface area (Å²) in [6, 6.07) is 6.76. The fraction of sp³-hybridized carbons (Fsp3) is 0.500. The standard InChI is InChI=1S/C18H24FN3O2S/c1-2-6-16-21-18(24-22-16)10-5-9-17(23)20-11-12-25-13-14-7-3-4-8-15(14)19/h3-4,7-8H,2,5-6,9-13H2,1H3,(H,20,23). The Morgan fingerprint density at radius 1 is 1.32 bits per heavy atom. The molecule has 2 rings (SSSR count). The Morgan fingerprint density at radius 2 is 2.16 bits per heavy atom. The Labute approximate surface area is 151 Å². The summed E-state index contributed by atoms with van der Waals surface area (Å²) in [5, 5.41) is 6.76. The van der Waals surface area contributed by atoms with Crippen molar-refractivity contribution in [2.45, 2.75) is 44.8 Å². The molecule has 7 heteroatoms. The van der Waals surface area contributed by atoms with Gasteiger partial charge in [0.2, 0.25) is 11.8 Å². The number of hydrogen-bond donors (Lipinski definition) is 1. The van der Waals surface area contributed by atoms with Crippen LogP contribution in [0.15, 0.2) is 28.8 Å². The first-order valence-electron chi connectivity index (χ1n) is 8.58. The van der Waals surface area contributed by atoms with Crippen LogP contribution in [0.4, 0.5) is 4.39 Å². The van der Waals surface area contributed by atoms with Crippen LogP contribution >= 0.6 is 11.8 Å². The molecule has 5 nitrogen and oxygen atoms in total. The molecule has 0 bridgehead atoms. The second kappa shape index (κ2) is 10.9. The number of benzene rings is 1. The lowest BCUT2D eigenvalue weighted by atomic mass is 10.2. The summed E-state index contributed by atoms with van der Waals surface area (Å²) in [6.45, 7) is 2.65. The number of carbonyl (C=O) groups excluding carboxylic acids is 1. The first kappa shape index (κ1) is 19.4. The zero-order chi connectivity index (χ0) is 17.9. The molecule has 2 aromatic rings. The second-order valence-electron chi connectivity index (χ2n) is 5.70. The van der Waals surface area contributed by atoms with E-state index in [1.54, 1.807) is 23.9 Å². The maximum atomic E-state index is 13.5. The number of thioether (sulfide) groups is 1. The molecule has 0 atom stereocenters. The van der Waals surface area contributed by atoms with Crippen molar-refractivity contribution in [1.82, 2.24) is 15.5 Å². The summed E-state index contributed by atoms with van der Waals surface area (Å²) in [4.78, 5) is 16.1. The van der Waals surface area contributed by atoms with E-state index in [1.807, 2.05) is 6.07 Å². The normalized spacial score (nSPS) is 10.8. The number of hydrogen-bond acceptors (Lipinski definition) is 5. The van der Waals surface area contributed by atoms with Crippen LogP contribution in [0.3, 0.4) is 0 Å². The maximum absolute atomic E-state index is 13.5. The van der Waals surface area contributed by atoms with E-state index in [-0.39, 0.29) is 11.7 Å². The van der Waals surface area contributed by atoms with E-state index in [1.165, 1.54) is 6.07 Å². The molecule has 0 aliphatic rings. The topological polar surface area (TPSA) is 68.0 Å². The van der Waals surface area contributed by atoms with Crippen molar-refractivity contribution in [2.24, 2.45) is 0 Å². The Balaban J connectivity index is 1.53. The number of aromatic nitrogens is 2.